The van der Waals surface area contributed by atoms with Crippen LogP contribution in [0.1, 0.15) is 23.2 Å². The van der Waals surface area contributed by atoms with Gasteiger partial charge in [-0.3, -0.25) is 4.79 Å². The van der Waals surface area contributed by atoms with Gasteiger partial charge < -0.3 is 9.64 Å². The van der Waals surface area contributed by atoms with E-state index in [0.29, 0.717) is 25.6 Å². The number of hydrogen-bond acceptors (Lipinski definition) is 2. The van der Waals surface area contributed by atoms with E-state index in [1.54, 1.807) is 0 Å². The molecule has 21 heavy (non-hydrogen) atoms. The molecule has 1 aromatic carbocycles. The number of carbonyl (C=O) groups excluding carboxylic acids is 1. The van der Waals surface area contributed by atoms with Crippen LogP contribution >= 0.6 is 0 Å². The van der Waals surface area contributed by atoms with E-state index >= 15 is 0 Å². The first-order chi connectivity index (χ1) is 10.1. The van der Waals surface area contributed by atoms with Gasteiger partial charge in [-0.2, -0.15) is 0 Å². The Hall–Kier alpha value is -1.93. The van der Waals surface area contributed by atoms with Crippen LogP contribution in [0.2, 0.25) is 0 Å². The molecule has 1 aliphatic rings. The van der Waals surface area contributed by atoms with Gasteiger partial charge in [0.05, 0.1) is 6.61 Å². The fourth-order valence-corrected chi connectivity index (χ4v) is 2.45. The Bertz CT molecular complexity index is 525. The molecular formula is C16H17F2NO2. The summed E-state index contributed by atoms with van der Waals surface area (Å²) in [6.07, 6.45) is 6.58. The summed E-state index contributed by atoms with van der Waals surface area (Å²) in [5.74, 6) is 0.496. The molecule has 112 valence electrons. The normalized spacial score (nSPS) is 15.8. The molecule has 1 amide bonds. The van der Waals surface area contributed by atoms with Crippen molar-refractivity contribution in [2.24, 2.45) is 5.92 Å². The average Bonchev–Trinajstić information content (AvgIpc) is 2.48. The maximum atomic E-state index is 13.6. The maximum Gasteiger partial charge on any atom is 0.259 e. The number of likely N-dealkylation sites (tertiary alicyclic amines) is 1. The van der Waals surface area contributed by atoms with Crippen molar-refractivity contribution in [3.8, 4) is 12.3 Å². The minimum atomic E-state index is -0.820. The van der Waals surface area contributed by atoms with Gasteiger partial charge in [-0.25, -0.2) is 8.78 Å². The molecule has 1 aliphatic heterocycles. The number of terminal acetylenes is 1. The summed E-state index contributed by atoms with van der Waals surface area (Å²) >= 11 is 0. The lowest BCUT2D eigenvalue weighted by Crippen LogP contribution is -2.40. The number of benzene rings is 1. The van der Waals surface area contributed by atoms with Crippen LogP contribution in [0.4, 0.5) is 8.78 Å². The van der Waals surface area contributed by atoms with Crippen LogP contribution in [0.5, 0.6) is 0 Å². The molecule has 0 N–H and O–H groups in total. The number of halogens is 2. The first kappa shape index (κ1) is 15.5. The molecule has 0 bridgehead atoms. The Morgan fingerprint density at radius 2 is 1.95 bits per heavy atom. The highest BCUT2D eigenvalue weighted by atomic mass is 19.1. The van der Waals surface area contributed by atoms with Gasteiger partial charge in [-0.15, -0.1) is 6.42 Å². The fraction of sp³-hybridized carbons (Fsp3) is 0.438. The third-order valence-corrected chi connectivity index (χ3v) is 3.62. The van der Waals surface area contributed by atoms with E-state index in [1.807, 2.05) is 0 Å². The number of amides is 1. The Kier molecular flexibility index (Phi) is 5.29. The highest BCUT2D eigenvalue weighted by Gasteiger charge is 2.27. The molecular weight excluding hydrogens is 276 g/mol. The van der Waals surface area contributed by atoms with Crippen LogP contribution in [0.3, 0.4) is 0 Å². The molecule has 0 spiro atoms. The van der Waals surface area contributed by atoms with E-state index in [1.165, 1.54) is 11.0 Å². The molecule has 0 radical (unpaired) electrons. The second-order valence-electron chi connectivity index (χ2n) is 5.05. The van der Waals surface area contributed by atoms with Gasteiger partial charge in [0.15, 0.2) is 0 Å². The predicted octanol–water partition coefficient (Wildman–Crippen LogP) is 2.47. The van der Waals surface area contributed by atoms with Gasteiger partial charge in [-0.05, 0) is 30.9 Å². The number of carbonyl (C=O) groups is 1. The van der Waals surface area contributed by atoms with Crippen molar-refractivity contribution in [3.05, 3.63) is 35.4 Å². The van der Waals surface area contributed by atoms with Crippen LogP contribution in [-0.4, -0.2) is 37.1 Å². The van der Waals surface area contributed by atoms with Crippen LogP contribution in [0.25, 0.3) is 0 Å². The molecule has 0 aromatic heterocycles. The summed E-state index contributed by atoms with van der Waals surface area (Å²) in [5, 5.41) is 0. The minimum absolute atomic E-state index is 0.277. The third kappa shape index (κ3) is 3.79. The summed E-state index contributed by atoms with van der Waals surface area (Å²) in [6, 6.07) is 3.43. The Morgan fingerprint density at radius 3 is 2.52 bits per heavy atom. The summed E-state index contributed by atoms with van der Waals surface area (Å²) in [5.41, 5.74) is -0.473. The molecule has 2 rings (SSSR count). The topological polar surface area (TPSA) is 29.5 Å². The van der Waals surface area contributed by atoms with E-state index < -0.39 is 23.1 Å². The van der Waals surface area contributed by atoms with E-state index in [9.17, 15) is 13.6 Å². The number of rotatable bonds is 4. The van der Waals surface area contributed by atoms with Crippen LogP contribution in [-0.2, 0) is 4.74 Å². The zero-order valence-electron chi connectivity index (χ0n) is 11.6. The van der Waals surface area contributed by atoms with Gasteiger partial charge in [0.25, 0.3) is 5.91 Å². The molecule has 5 heteroatoms. The van der Waals surface area contributed by atoms with Gasteiger partial charge in [-0.1, -0.05) is 12.0 Å². The molecule has 1 fully saturated rings. The second kappa shape index (κ2) is 7.19. The second-order valence-corrected chi connectivity index (χ2v) is 5.05. The molecule has 3 nitrogen and oxygen atoms in total. The number of hydrogen-bond donors (Lipinski definition) is 0. The van der Waals surface area contributed by atoms with Crippen LogP contribution < -0.4 is 0 Å². The molecule has 1 heterocycles. The van der Waals surface area contributed by atoms with E-state index in [4.69, 9.17) is 11.2 Å². The lowest BCUT2D eigenvalue weighted by Gasteiger charge is -2.32. The van der Waals surface area contributed by atoms with Gasteiger partial charge in [0.2, 0.25) is 0 Å². The minimum Gasteiger partial charge on any atom is -0.369 e. The van der Waals surface area contributed by atoms with Gasteiger partial charge >= 0.3 is 0 Å². The largest absolute Gasteiger partial charge is 0.369 e. The van der Waals surface area contributed by atoms with E-state index in [-0.39, 0.29) is 6.61 Å². The van der Waals surface area contributed by atoms with Gasteiger partial charge in [0.1, 0.15) is 23.8 Å². The summed E-state index contributed by atoms with van der Waals surface area (Å²) in [6.45, 7) is 1.77. The average molecular weight is 293 g/mol. The Labute approximate surface area is 122 Å². The quantitative estimate of drug-likeness (QED) is 0.630. The lowest BCUT2D eigenvalue weighted by atomic mass is 9.97. The summed E-state index contributed by atoms with van der Waals surface area (Å²) in [7, 11) is 0. The van der Waals surface area contributed by atoms with E-state index in [0.717, 1.165) is 25.0 Å². The Balaban J connectivity index is 1.93. The van der Waals surface area contributed by atoms with Crippen LogP contribution in [0, 0.1) is 29.9 Å². The highest BCUT2D eigenvalue weighted by molar-refractivity contribution is 5.94. The fourth-order valence-electron chi connectivity index (χ4n) is 2.45. The highest BCUT2D eigenvalue weighted by Crippen LogP contribution is 2.21. The number of nitrogens with zero attached hydrogens (tertiary/aromatic N) is 1. The predicted molar refractivity (Wildman–Crippen MR) is 74.6 cm³/mol. The molecule has 0 aliphatic carbocycles. The number of ether oxygens (including phenoxy) is 1. The monoisotopic (exact) mass is 293 g/mol. The van der Waals surface area contributed by atoms with Crippen molar-refractivity contribution in [2.45, 2.75) is 12.8 Å². The van der Waals surface area contributed by atoms with Crippen molar-refractivity contribution in [3.63, 3.8) is 0 Å². The SMILES string of the molecule is C#CCOCC1CCN(C(=O)c2c(F)cccc2F)CC1. The van der Waals surface area contributed by atoms with Crippen molar-refractivity contribution < 1.29 is 18.3 Å². The molecule has 1 saturated heterocycles. The number of piperidine rings is 1. The van der Waals surface area contributed by atoms with Crippen molar-refractivity contribution in [1.29, 1.82) is 0 Å². The lowest BCUT2D eigenvalue weighted by molar-refractivity contribution is 0.0574. The molecule has 0 atom stereocenters. The standard InChI is InChI=1S/C16H17F2NO2/c1-2-10-21-11-12-6-8-19(9-7-12)16(20)15-13(17)4-3-5-14(15)18/h1,3-5,12H,6-11H2. The third-order valence-electron chi connectivity index (χ3n) is 3.62. The van der Waals surface area contributed by atoms with Crippen molar-refractivity contribution >= 4 is 5.91 Å². The molecule has 0 saturated carbocycles. The van der Waals surface area contributed by atoms with Crippen molar-refractivity contribution in [2.75, 3.05) is 26.3 Å². The molecule has 1 aromatic rings. The van der Waals surface area contributed by atoms with Gasteiger partial charge in [0, 0.05) is 13.1 Å². The van der Waals surface area contributed by atoms with Crippen molar-refractivity contribution in [1.82, 2.24) is 4.90 Å². The maximum absolute atomic E-state index is 13.6. The Morgan fingerprint density at radius 1 is 1.33 bits per heavy atom. The van der Waals surface area contributed by atoms with Crippen LogP contribution in [0.15, 0.2) is 18.2 Å². The van der Waals surface area contributed by atoms with E-state index in [2.05, 4.69) is 5.92 Å². The smallest absolute Gasteiger partial charge is 0.259 e. The first-order valence-electron chi connectivity index (χ1n) is 6.88. The zero-order valence-corrected chi connectivity index (χ0v) is 11.6. The first-order valence-corrected chi connectivity index (χ1v) is 6.88. The summed E-state index contributed by atoms with van der Waals surface area (Å²) < 4.78 is 32.5. The zero-order chi connectivity index (χ0) is 15.2. The molecule has 0 unspecified atom stereocenters. The summed E-state index contributed by atoms with van der Waals surface area (Å²) in [4.78, 5) is 13.7.